The second-order valence-electron chi connectivity index (χ2n) is 6.05. The van der Waals surface area contributed by atoms with E-state index in [2.05, 4.69) is 50.5 Å². The number of rotatable bonds is 7. The van der Waals surface area contributed by atoms with E-state index in [1.54, 1.807) is 0 Å². The van der Waals surface area contributed by atoms with Crippen molar-refractivity contribution in [2.45, 2.75) is 39.5 Å². The summed E-state index contributed by atoms with van der Waals surface area (Å²) in [6.45, 7) is 11.4. The van der Waals surface area contributed by atoms with E-state index in [9.17, 15) is 0 Å². The van der Waals surface area contributed by atoms with Crippen LogP contribution in [0.4, 0.5) is 5.69 Å². The largest absolute Gasteiger partial charge is 0.375 e. The third-order valence-electron chi connectivity index (χ3n) is 4.32. The fourth-order valence-electron chi connectivity index (χ4n) is 2.81. The molecule has 110 valence electrons. The molecule has 0 bridgehead atoms. The van der Waals surface area contributed by atoms with E-state index >= 15 is 0 Å². The van der Waals surface area contributed by atoms with Gasteiger partial charge in [0.2, 0.25) is 5.69 Å². The highest BCUT2D eigenvalue weighted by Gasteiger charge is 2.42. The first kappa shape index (κ1) is 14.2. The summed E-state index contributed by atoms with van der Waals surface area (Å²) in [5.41, 5.74) is 5.57. The summed E-state index contributed by atoms with van der Waals surface area (Å²) in [5, 5.41) is 0. The maximum Gasteiger partial charge on any atom is 0.209 e. The lowest BCUT2D eigenvalue weighted by atomic mass is 9.82. The number of hydrogen-bond donors (Lipinski definition) is 1. The summed E-state index contributed by atoms with van der Waals surface area (Å²) in [6, 6.07) is 6.73. The molecule has 0 spiro atoms. The van der Waals surface area contributed by atoms with E-state index in [-0.39, 0.29) is 5.41 Å². The van der Waals surface area contributed by atoms with Crippen LogP contribution in [0, 0.1) is 6.92 Å². The Balaban J connectivity index is 2.04. The van der Waals surface area contributed by atoms with Crippen molar-refractivity contribution in [2.24, 2.45) is 0 Å². The first-order chi connectivity index (χ1) is 9.98. The molecule has 2 nitrogen and oxygen atoms in total. The van der Waals surface area contributed by atoms with Crippen LogP contribution in [0.3, 0.4) is 0 Å². The zero-order valence-electron chi connectivity index (χ0n) is 14.0. The van der Waals surface area contributed by atoms with Crippen molar-refractivity contribution >= 4 is 23.9 Å². The minimum atomic E-state index is 0.100. The molecule has 0 saturated heterocycles. The predicted molar refractivity (Wildman–Crippen MR) is 89.0 cm³/mol. The highest BCUT2D eigenvalue weighted by atomic mass is 32.1. The normalized spacial score (nSPS) is 17.3. The van der Waals surface area contributed by atoms with E-state index in [1.807, 2.05) is 0 Å². The molecule has 3 heteroatoms. The smallest absolute Gasteiger partial charge is 0.209 e. The number of fused-ring (bicyclic) bond motifs is 1. The lowest BCUT2D eigenvalue weighted by Gasteiger charge is -2.15. The Kier molecular flexibility index (Phi) is 4.47. The van der Waals surface area contributed by atoms with Gasteiger partial charge in [-0.2, -0.15) is 17.1 Å². The van der Waals surface area contributed by atoms with Gasteiger partial charge >= 0.3 is 0 Å². The monoisotopic (exact) mass is 294 g/mol. The Labute approximate surface area is 129 Å². The summed E-state index contributed by atoms with van der Waals surface area (Å²) in [6.07, 6.45) is 0.956. The molecule has 1 aromatic carbocycles. The van der Waals surface area contributed by atoms with Crippen LogP contribution in [-0.4, -0.2) is 36.9 Å². The lowest BCUT2D eigenvalue weighted by molar-refractivity contribution is -0.443. The van der Waals surface area contributed by atoms with Gasteiger partial charge in [0.05, 0.1) is 5.41 Å². The third kappa shape index (κ3) is 2.94. The first-order valence-electron chi connectivity index (χ1n) is 7.78. The fourth-order valence-corrected chi connectivity index (χ4v) is 2.92. The molecular formula is C17H26NOS+. The summed E-state index contributed by atoms with van der Waals surface area (Å²) in [4.78, 5) is 0. The van der Waals surface area contributed by atoms with Crippen LogP contribution in [0.5, 0.6) is 0 Å². The van der Waals surface area contributed by atoms with Gasteiger partial charge in [-0.1, -0.05) is 11.6 Å². The van der Waals surface area contributed by atoms with Crippen LogP contribution >= 0.6 is 12.5 Å². The molecule has 1 heterocycles. The Hall–Kier alpha value is -0.800. The molecule has 0 radical (unpaired) electrons. The summed E-state index contributed by atoms with van der Waals surface area (Å²) >= 11 is 1.13. The van der Waals surface area contributed by atoms with Crippen molar-refractivity contribution in [3.63, 3.8) is 0 Å². The van der Waals surface area contributed by atoms with Crippen LogP contribution in [0.2, 0.25) is 0 Å². The van der Waals surface area contributed by atoms with Crippen molar-refractivity contribution in [2.75, 3.05) is 25.5 Å². The quantitative estimate of drug-likeness (QED) is 0.459. The maximum absolute atomic E-state index is 7.04. The molecule has 20 heavy (non-hydrogen) atoms. The Morgan fingerprint density at radius 2 is 2.10 bits per heavy atom. The highest BCUT2D eigenvalue weighted by molar-refractivity contribution is 7.80. The lowest BCUT2D eigenvalue weighted by Crippen LogP contribution is -2.27. The van der Waals surface area contributed by atoms with Crippen molar-refractivity contribution in [3.8, 4) is 0 Å². The average Bonchev–Trinajstić information content (AvgIpc) is 2.63. The SMILES string of the molecule is [3H]SCCCOCC[N+]1=C(C)C(C)(C)c2cc(C)ccc21. The zero-order chi connectivity index (χ0) is 15.5. The number of nitrogens with zero attached hydrogens (tertiary/aromatic N) is 1. The summed E-state index contributed by atoms with van der Waals surface area (Å²) in [5.74, 6) is 0.851. The standard InChI is InChI=1S/C17H25NOS/c1-13-6-7-16-15(12-13)17(3,4)14(2)18(16)8-10-19-9-5-11-20/h6-7,12H,5,8-11H2,1-4H3/p+1/i/hT. The number of hydrogen-bond acceptors (Lipinski definition) is 2. The number of thiol groups is 1. The van der Waals surface area contributed by atoms with E-state index < -0.39 is 0 Å². The molecule has 2 rings (SSSR count). The highest BCUT2D eigenvalue weighted by Crippen LogP contribution is 2.39. The Morgan fingerprint density at radius 3 is 2.85 bits per heavy atom. The van der Waals surface area contributed by atoms with Crippen molar-refractivity contribution in [1.29, 1.82) is 1.12 Å². The maximum atomic E-state index is 7.04. The van der Waals surface area contributed by atoms with Crippen LogP contribution in [-0.2, 0) is 10.2 Å². The molecule has 1 aliphatic rings. The predicted octanol–water partition coefficient (Wildman–Crippen LogP) is 3.73. The Bertz CT molecular complexity index is 540. The second kappa shape index (κ2) is 6.31. The minimum Gasteiger partial charge on any atom is -0.375 e. The molecular weight excluding hydrogens is 266 g/mol. The van der Waals surface area contributed by atoms with Gasteiger partial charge in [0, 0.05) is 25.2 Å². The molecule has 0 amide bonds. The van der Waals surface area contributed by atoms with Gasteiger partial charge in [0.15, 0.2) is 12.3 Å². The average molecular weight is 294 g/mol. The van der Waals surface area contributed by atoms with Gasteiger partial charge in [-0.25, -0.2) is 0 Å². The first-order valence-corrected chi connectivity index (χ1v) is 7.94. The molecule has 0 aromatic heterocycles. The van der Waals surface area contributed by atoms with Gasteiger partial charge in [-0.05, 0) is 39.0 Å². The summed E-state index contributed by atoms with van der Waals surface area (Å²) in [7, 11) is 0. The Morgan fingerprint density at radius 1 is 1.30 bits per heavy atom. The van der Waals surface area contributed by atoms with Crippen LogP contribution in [0.1, 0.15) is 38.3 Å². The van der Waals surface area contributed by atoms with Gasteiger partial charge < -0.3 is 4.74 Å². The molecule has 0 N–H and O–H groups in total. The summed E-state index contributed by atoms with van der Waals surface area (Å²) < 4.78 is 15.1. The second-order valence-corrected chi connectivity index (χ2v) is 6.46. The number of ether oxygens (including phenoxy) is 1. The number of benzene rings is 1. The van der Waals surface area contributed by atoms with Crippen molar-refractivity contribution in [3.05, 3.63) is 29.3 Å². The molecule has 0 atom stereocenters. The molecule has 0 unspecified atom stereocenters. The molecule has 0 aliphatic carbocycles. The van der Waals surface area contributed by atoms with Crippen molar-refractivity contribution in [1.82, 2.24) is 0 Å². The van der Waals surface area contributed by atoms with Gasteiger partial charge in [-0.3, -0.25) is 0 Å². The van der Waals surface area contributed by atoms with Gasteiger partial charge in [0.25, 0.3) is 0 Å². The van der Waals surface area contributed by atoms with E-state index in [1.165, 1.54) is 22.5 Å². The van der Waals surface area contributed by atoms with Crippen LogP contribution < -0.4 is 0 Å². The van der Waals surface area contributed by atoms with Gasteiger partial charge in [0.1, 0.15) is 7.73 Å². The number of aryl methyl sites for hydroxylation is 1. The topological polar surface area (TPSA) is 12.2 Å². The van der Waals surface area contributed by atoms with Crippen LogP contribution in [0.25, 0.3) is 0 Å². The molecule has 1 aromatic rings. The van der Waals surface area contributed by atoms with Crippen LogP contribution in [0.15, 0.2) is 18.2 Å². The van der Waals surface area contributed by atoms with E-state index in [4.69, 9.17) is 5.86 Å². The van der Waals surface area contributed by atoms with Gasteiger partial charge in [-0.15, -0.1) is 0 Å². The molecule has 0 saturated carbocycles. The van der Waals surface area contributed by atoms with E-state index in [0.717, 1.165) is 44.5 Å². The fraction of sp³-hybridized carbons (Fsp3) is 0.588. The third-order valence-corrected chi connectivity index (χ3v) is 4.61. The zero-order valence-corrected chi connectivity index (χ0v) is 13.8. The van der Waals surface area contributed by atoms with Crippen molar-refractivity contribution < 1.29 is 9.31 Å². The minimum absolute atomic E-state index is 0.100. The molecule has 1 aliphatic heterocycles. The molecule has 0 fully saturated rings. The van der Waals surface area contributed by atoms with E-state index in [0.29, 0.717) is 0 Å².